The first-order valence-corrected chi connectivity index (χ1v) is 8.21. The molecule has 0 bridgehead atoms. The fourth-order valence-corrected chi connectivity index (χ4v) is 2.86. The van der Waals surface area contributed by atoms with Crippen molar-refractivity contribution in [3.05, 3.63) is 59.7 Å². The number of allylic oxidation sites excluding steroid dienone is 4. The van der Waals surface area contributed by atoms with Crippen molar-refractivity contribution in [3.8, 4) is 0 Å². The second-order valence-corrected chi connectivity index (χ2v) is 6.46. The van der Waals surface area contributed by atoms with Crippen molar-refractivity contribution >= 4 is 22.9 Å². The molecule has 1 N–H and O–H groups in total. The number of benzene rings is 1. The van der Waals surface area contributed by atoms with E-state index in [1.165, 1.54) is 5.56 Å². The van der Waals surface area contributed by atoms with Crippen LogP contribution in [0.5, 0.6) is 0 Å². The van der Waals surface area contributed by atoms with E-state index in [2.05, 4.69) is 43.4 Å². The van der Waals surface area contributed by atoms with Gasteiger partial charge in [0.05, 0.1) is 0 Å². The maximum Gasteiger partial charge on any atom is 0.164 e. The molecular formula is C19H23NOS. The number of hydrogen-bond donors (Lipinski definition) is 1. The minimum Gasteiger partial charge on any atom is -0.309 e. The summed E-state index contributed by atoms with van der Waals surface area (Å²) in [5.41, 5.74) is 2.00. The van der Waals surface area contributed by atoms with Gasteiger partial charge in [-0.2, -0.15) is 0 Å². The van der Waals surface area contributed by atoms with Crippen LogP contribution in [0, 0.1) is 5.92 Å². The maximum absolute atomic E-state index is 12.2. The van der Waals surface area contributed by atoms with Crippen LogP contribution >= 0.6 is 12.2 Å². The number of ketones is 1. The van der Waals surface area contributed by atoms with E-state index in [9.17, 15) is 4.79 Å². The van der Waals surface area contributed by atoms with Crippen molar-refractivity contribution in [1.29, 1.82) is 0 Å². The molecule has 2 rings (SSSR count). The summed E-state index contributed by atoms with van der Waals surface area (Å²) in [5, 5.41) is 3.51. The Labute approximate surface area is 138 Å². The average Bonchev–Trinajstić information content (AvgIpc) is 2.52. The van der Waals surface area contributed by atoms with Crippen molar-refractivity contribution in [2.75, 3.05) is 6.54 Å². The first kappa shape index (κ1) is 16.8. The summed E-state index contributed by atoms with van der Waals surface area (Å²) in [7, 11) is 0. The van der Waals surface area contributed by atoms with Gasteiger partial charge in [-0.1, -0.05) is 68.5 Å². The number of Topliss-reactive ketones (excluding diaryl/α,β-unsaturated/α-hetero) is 1. The zero-order valence-corrected chi connectivity index (χ0v) is 14.0. The summed E-state index contributed by atoms with van der Waals surface area (Å²) in [5.74, 6) is 0.625. The number of nitrogens with one attached hydrogen (secondary N) is 1. The second kappa shape index (κ2) is 8.16. The van der Waals surface area contributed by atoms with Crippen molar-refractivity contribution in [2.24, 2.45) is 5.92 Å². The topological polar surface area (TPSA) is 29.1 Å². The van der Waals surface area contributed by atoms with Gasteiger partial charge in [-0.05, 0) is 17.6 Å². The van der Waals surface area contributed by atoms with Crippen molar-refractivity contribution in [3.63, 3.8) is 0 Å². The highest BCUT2D eigenvalue weighted by Crippen LogP contribution is 2.21. The van der Waals surface area contributed by atoms with E-state index >= 15 is 0 Å². The largest absolute Gasteiger partial charge is 0.309 e. The lowest BCUT2D eigenvalue weighted by Gasteiger charge is -2.23. The Bertz CT molecular complexity index is 587. The van der Waals surface area contributed by atoms with Crippen LogP contribution in [0.1, 0.15) is 38.3 Å². The normalized spacial score (nSPS) is 15.8. The second-order valence-electron chi connectivity index (χ2n) is 5.93. The summed E-state index contributed by atoms with van der Waals surface area (Å²) in [6, 6.07) is 10.7. The standard InChI is InChI=1S/C19H23NOS/c1-14(2)19(15-7-4-3-5-8-15)20-12-11-18(21)16-9-6-10-17(22)13-16/h3-9,13-14,19-20H,10-12H2,1-2H3. The van der Waals surface area contributed by atoms with Gasteiger partial charge in [0, 0.05) is 35.9 Å². The van der Waals surface area contributed by atoms with Crippen molar-refractivity contribution < 1.29 is 4.79 Å². The smallest absolute Gasteiger partial charge is 0.164 e. The highest BCUT2D eigenvalue weighted by molar-refractivity contribution is 7.80. The molecule has 0 spiro atoms. The third-order valence-corrected chi connectivity index (χ3v) is 4.08. The van der Waals surface area contributed by atoms with Gasteiger partial charge in [-0.15, -0.1) is 0 Å². The Kier molecular flexibility index (Phi) is 6.22. The lowest BCUT2D eigenvalue weighted by molar-refractivity contribution is -0.115. The molecule has 1 aromatic carbocycles. The minimum atomic E-state index is 0.154. The summed E-state index contributed by atoms with van der Waals surface area (Å²) in [4.78, 5) is 13.0. The minimum absolute atomic E-state index is 0.154. The molecule has 2 nitrogen and oxygen atoms in total. The molecule has 1 aliphatic carbocycles. The van der Waals surface area contributed by atoms with E-state index in [0.29, 0.717) is 18.9 Å². The molecule has 1 atom stereocenters. The Morgan fingerprint density at radius 1 is 1.27 bits per heavy atom. The highest BCUT2D eigenvalue weighted by Gasteiger charge is 2.16. The molecule has 1 aromatic rings. The van der Waals surface area contributed by atoms with Gasteiger partial charge < -0.3 is 5.32 Å². The van der Waals surface area contributed by atoms with Crippen molar-refractivity contribution in [2.45, 2.75) is 32.7 Å². The summed E-state index contributed by atoms with van der Waals surface area (Å²) >= 11 is 5.16. The van der Waals surface area contributed by atoms with Crippen LogP contribution < -0.4 is 5.32 Å². The highest BCUT2D eigenvalue weighted by atomic mass is 32.1. The van der Waals surface area contributed by atoms with Gasteiger partial charge in [0.2, 0.25) is 0 Å². The van der Waals surface area contributed by atoms with Gasteiger partial charge in [-0.25, -0.2) is 0 Å². The first-order valence-electron chi connectivity index (χ1n) is 7.80. The Balaban J connectivity index is 1.90. The molecule has 0 saturated heterocycles. The maximum atomic E-state index is 12.2. The zero-order chi connectivity index (χ0) is 15.9. The Morgan fingerprint density at radius 2 is 2.00 bits per heavy atom. The summed E-state index contributed by atoms with van der Waals surface area (Å²) in [6.45, 7) is 5.06. The molecule has 1 aliphatic rings. The molecule has 0 amide bonds. The Hall–Kier alpha value is -1.58. The number of carbonyl (C=O) groups is 1. The first-order chi connectivity index (χ1) is 10.6. The van der Waals surface area contributed by atoms with E-state index in [1.807, 2.05) is 24.3 Å². The van der Waals surface area contributed by atoms with E-state index in [-0.39, 0.29) is 11.8 Å². The van der Waals surface area contributed by atoms with Crippen LogP contribution in [0.4, 0.5) is 0 Å². The fourth-order valence-electron chi connectivity index (χ4n) is 2.64. The molecule has 0 aromatic heterocycles. The van der Waals surface area contributed by atoms with Gasteiger partial charge in [0.25, 0.3) is 0 Å². The molecule has 3 heteroatoms. The number of thiocarbonyl (C=S) groups is 1. The van der Waals surface area contributed by atoms with Crippen LogP contribution in [0.15, 0.2) is 54.1 Å². The number of rotatable bonds is 7. The summed E-state index contributed by atoms with van der Waals surface area (Å²) in [6.07, 6.45) is 6.94. The molecule has 0 radical (unpaired) electrons. The lowest BCUT2D eigenvalue weighted by atomic mass is 9.95. The Morgan fingerprint density at radius 3 is 2.64 bits per heavy atom. The average molecular weight is 313 g/mol. The van der Waals surface area contributed by atoms with Gasteiger partial charge in [0.15, 0.2) is 5.78 Å². The molecule has 0 fully saturated rings. The summed E-state index contributed by atoms with van der Waals surface area (Å²) < 4.78 is 0. The quantitative estimate of drug-likeness (QED) is 0.765. The molecule has 0 heterocycles. The fraction of sp³-hybridized carbons (Fsp3) is 0.368. The molecule has 22 heavy (non-hydrogen) atoms. The third-order valence-electron chi connectivity index (χ3n) is 3.80. The van der Waals surface area contributed by atoms with Gasteiger partial charge >= 0.3 is 0 Å². The van der Waals surface area contributed by atoms with Crippen LogP contribution in [0.2, 0.25) is 0 Å². The molecule has 0 aliphatic heterocycles. The van der Waals surface area contributed by atoms with Crippen molar-refractivity contribution in [1.82, 2.24) is 5.32 Å². The molecular weight excluding hydrogens is 290 g/mol. The number of hydrogen-bond acceptors (Lipinski definition) is 3. The van der Waals surface area contributed by atoms with Crippen LogP contribution in [-0.4, -0.2) is 17.2 Å². The predicted molar refractivity (Wildman–Crippen MR) is 96.1 cm³/mol. The molecule has 0 saturated carbocycles. The third kappa shape index (κ3) is 4.72. The van der Waals surface area contributed by atoms with Gasteiger partial charge in [-0.3, -0.25) is 4.79 Å². The molecule has 1 unspecified atom stereocenters. The number of carbonyl (C=O) groups excluding carboxylic acids is 1. The van der Waals surface area contributed by atoms with E-state index in [0.717, 1.165) is 16.9 Å². The monoisotopic (exact) mass is 313 g/mol. The van der Waals surface area contributed by atoms with E-state index in [1.54, 1.807) is 0 Å². The van der Waals surface area contributed by atoms with E-state index < -0.39 is 0 Å². The van der Waals surface area contributed by atoms with Crippen LogP contribution in [0.25, 0.3) is 0 Å². The van der Waals surface area contributed by atoms with Crippen LogP contribution in [-0.2, 0) is 4.79 Å². The molecule has 116 valence electrons. The SMILES string of the molecule is CC(C)C(NCCC(=O)C1=CC(=S)CC=C1)c1ccccc1. The van der Waals surface area contributed by atoms with E-state index in [4.69, 9.17) is 12.2 Å². The predicted octanol–water partition coefficient (Wildman–Crippen LogP) is 4.19. The van der Waals surface area contributed by atoms with Crippen LogP contribution in [0.3, 0.4) is 0 Å². The van der Waals surface area contributed by atoms with Gasteiger partial charge in [0.1, 0.15) is 0 Å². The lowest BCUT2D eigenvalue weighted by Crippen LogP contribution is -2.28. The zero-order valence-electron chi connectivity index (χ0n) is 13.2.